The summed E-state index contributed by atoms with van der Waals surface area (Å²) in [6.07, 6.45) is 3.37. The Bertz CT molecular complexity index is 386. The highest BCUT2D eigenvalue weighted by atomic mass is 32.2. The van der Waals surface area contributed by atoms with Gasteiger partial charge >= 0.3 is 5.97 Å². The Labute approximate surface area is 105 Å². The third kappa shape index (κ3) is 3.23. The molecule has 4 heteroatoms. The van der Waals surface area contributed by atoms with Crippen LogP contribution < -0.4 is 0 Å². The highest BCUT2D eigenvalue weighted by molar-refractivity contribution is 7.99. The van der Waals surface area contributed by atoms with Crippen LogP contribution in [0.25, 0.3) is 0 Å². The quantitative estimate of drug-likeness (QED) is 0.774. The summed E-state index contributed by atoms with van der Waals surface area (Å²) in [6, 6.07) is 7.50. The van der Waals surface area contributed by atoms with Gasteiger partial charge in [-0.1, -0.05) is 23.9 Å². The van der Waals surface area contributed by atoms with Crippen LogP contribution in [0.5, 0.6) is 0 Å². The zero-order chi connectivity index (χ0) is 12.1. The molecule has 0 aromatic heterocycles. The van der Waals surface area contributed by atoms with E-state index < -0.39 is 0 Å². The first kappa shape index (κ1) is 12.5. The standard InChI is InChI=1S/C13H16O3S/c1-15-13(14)10-6-2-3-7-11(10)17-12-8-4-5-9-16-12/h2-3,6-7,12H,4-5,8-9H2,1H3. The normalized spacial score (nSPS) is 19.9. The van der Waals surface area contributed by atoms with Gasteiger partial charge in [-0.15, -0.1) is 0 Å². The van der Waals surface area contributed by atoms with Crippen molar-refractivity contribution in [1.29, 1.82) is 0 Å². The maximum atomic E-state index is 11.6. The average molecular weight is 252 g/mol. The van der Waals surface area contributed by atoms with Gasteiger partial charge < -0.3 is 9.47 Å². The van der Waals surface area contributed by atoms with Gasteiger partial charge in [-0.05, 0) is 31.4 Å². The molecule has 1 aromatic carbocycles. The minimum atomic E-state index is -0.288. The van der Waals surface area contributed by atoms with E-state index in [0.29, 0.717) is 5.56 Å². The Kier molecular flexibility index (Phi) is 4.45. The minimum Gasteiger partial charge on any atom is -0.465 e. The van der Waals surface area contributed by atoms with Gasteiger partial charge in [0.1, 0.15) is 5.44 Å². The van der Waals surface area contributed by atoms with E-state index in [1.807, 2.05) is 18.2 Å². The van der Waals surface area contributed by atoms with Crippen molar-refractivity contribution in [2.75, 3.05) is 13.7 Å². The van der Waals surface area contributed by atoms with Crippen molar-refractivity contribution in [3.8, 4) is 0 Å². The lowest BCUT2D eigenvalue weighted by Crippen LogP contribution is -2.15. The molecule has 0 bridgehead atoms. The molecule has 1 aliphatic heterocycles. The number of hydrogen-bond acceptors (Lipinski definition) is 4. The van der Waals surface area contributed by atoms with Crippen molar-refractivity contribution in [2.45, 2.75) is 29.6 Å². The van der Waals surface area contributed by atoms with Crippen LogP contribution in [-0.4, -0.2) is 25.1 Å². The molecule has 1 aliphatic rings. The Balaban J connectivity index is 2.11. The molecule has 1 atom stereocenters. The molecule has 0 N–H and O–H groups in total. The monoisotopic (exact) mass is 252 g/mol. The second-order valence-electron chi connectivity index (χ2n) is 3.90. The molecule has 1 saturated heterocycles. The lowest BCUT2D eigenvalue weighted by Gasteiger charge is -2.22. The topological polar surface area (TPSA) is 35.5 Å². The second-order valence-corrected chi connectivity index (χ2v) is 5.10. The summed E-state index contributed by atoms with van der Waals surface area (Å²) < 4.78 is 10.4. The Morgan fingerprint density at radius 2 is 2.24 bits per heavy atom. The molecule has 1 heterocycles. The van der Waals surface area contributed by atoms with E-state index >= 15 is 0 Å². The summed E-state index contributed by atoms with van der Waals surface area (Å²) in [5.41, 5.74) is 0.781. The summed E-state index contributed by atoms with van der Waals surface area (Å²) in [6.45, 7) is 0.818. The van der Waals surface area contributed by atoms with Crippen LogP contribution in [0, 0.1) is 0 Å². The number of carbonyl (C=O) groups excluding carboxylic acids is 1. The number of methoxy groups -OCH3 is 1. The number of carbonyl (C=O) groups is 1. The summed E-state index contributed by atoms with van der Waals surface area (Å²) in [5.74, 6) is -0.288. The largest absolute Gasteiger partial charge is 0.465 e. The first-order valence-electron chi connectivity index (χ1n) is 5.77. The predicted molar refractivity (Wildman–Crippen MR) is 67.2 cm³/mol. The number of hydrogen-bond donors (Lipinski definition) is 0. The van der Waals surface area contributed by atoms with Crippen LogP contribution in [0.2, 0.25) is 0 Å². The highest BCUT2D eigenvalue weighted by Gasteiger charge is 2.19. The molecule has 2 rings (SSSR count). The number of thioether (sulfide) groups is 1. The second kappa shape index (κ2) is 6.07. The van der Waals surface area contributed by atoms with Crippen molar-refractivity contribution in [2.24, 2.45) is 0 Å². The molecular weight excluding hydrogens is 236 g/mol. The summed E-state index contributed by atoms with van der Waals surface area (Å²) in [7, 11) is 1.40. The van der Waals surface area contributed by atoms with Gasteiger partial charge in [-0.3, -0.25) is 0 Å². The first-order valence-corrected chi connectivity index (χ1v) is 6.65. The fourth-order valence-electron chi connectivity index (χ4n) is 1.79. The average Bonchev–Trinajstić information content (AvgIpc) is 2.40. The molecule has 1 unspecified atom stereocenters. The first-order chi connectivity index (χ1) is 8.31. The lowest BCUT2D eigenvalue weighted by atomic mass is 10.2. The van der Waals surface area contributed by atoms with Crippen molar-refractivity contribution in [1.82, 2.24) is 0 Å². The number of esters is 1. The molecule has 0 aliphatic carbocycles. The number of rotatable bonds is 3. The fraction of sp³-hybridized carbons (Fsp3) is 0.462. The van der Waals surface area contributed by atoms with Crippen LogP contribution in [0.4, 0.5) is 0 Å². The van der Waals surface area contributed by atoms with Crippen LogP contribution in [0.3, 0.4) is 0 Å². The van der Waals surface area contributed by atoms with E-state index in [9.17, 15) is 4.79 Å². The summed E-state index contributed by atoms with van der Waals surface area (Å²) in [4.78, 5) is 12.5. The maximum Gasteiger partial charge on any atom is 0.338 e. The van der Waals surface area contributed by atoms with Crippen molar-refractivity contribution in [3.05, 3.63) is 29.8 Å². The minimum absolute atomic E-state index is 0.162. The van der Waals surface area contributed by atoms with E-state index in [4.69, 9.17) is 9.47 Å². The summed E-state index contributed by atoms with van der Waals surface area (Å²) >= 11 is 1.61. The Morgan fingerprint density at radius 1 is 1.41 bits per heavy atom. The molecule has 1 aromatic rings. The van der Waals surface area contributed by atoms with Crippen molar-refractivity contribution >= 4 is 17.7 Å². The molecule has 3 nitrogen and oxygen atoms in total. The molecule has 1 fully saturated rings. The lowest BCUT2D eigenvalue weighted by molar-refractivity contribution is 0.0596. The molecule has 92 valence electrons. The van der Waals surface area contributed by atoms with Crippen molar-refractivity contribution in [3.63, 3.8) is 0 Å². The molecular formula is C13H16O3S. The zero-order valence-corrected chi connectivity index (χ0v) is 10.7. The molecule has 0 spiro atoms. The predicted octanol–water partition coefficient (Wildman–Crippen LogP) is 3.09. The SMILES string of the molecule is COC(=O)c1ccccc1SC1CCCCO1. The zero-order valence-electron chi connectivity index (χ0n) is 9.85. The van der Waals surface area contributed by atoms with Crippen molar-refractivity contribution < 1.29 is 14.3 Å². The maximum absolute atomic E-state index is 11.6. The molecule has 0 radical (unpaired) electrons. The molecule has 0 saturated carbocycles. The van der Waals surface area contributed by atoms with Gasteiger partial charge in [0.2, 0.25) is 0 Å². The third-order valence-electron chi connectivity index (χ3n) is 2.69. The molecule has 17 heavy (non-hydrogen) atoms. The number of benzene rings is 1. The van der Waals surface area contributed by atoms with Crippen LogP contribution in [0.15, 0.2) is 29.2 Å². The van der Waals surface area contributed by atoms with E-state index in [-0.39, 0.29) is 11.4 Å². The number of ether oxygens (including phenoxy) is 2. The fourth-order valence-corrected chi connectivity index (χ4v) is 2.96. The van der Waals surface area contributed by atoms with Gasteiger partial charge in [-0.2, -0.15) is 0 Å². The highest BCUT2D eigenvalue weighted by Crippen LogP contribution is 2.32. The van der Waals surface area contributed by atoms with Crippen LogP contribution in [0.1, 0.15) is 29.6 Å². The Morgan fingerprint density at radius 3 is 2.94 bits per heavy atom. The van der Waals surface area contributed by atoms with E-state index in [1.165, 1.54) is 13.5 Å². The summed E-state index contributed by atoms with van der Waals surface area (Å²) in [5, 5.41) is 0. The van der Waals surface area contributed by atoms with E-state index in [1.54, 1.807) is 17.8 Å². The Hall–Kier alpha value is -1.00. The smallest absolute Gasteiger partial charge is 0.338 e. The van der Waals surface area contributed by atoms with Gasteiger partial charge in [0.15, 0.2) is 0 Å². The van der Waals surface area contributed by atoms with Crippen LogP contribution >= 0.6 is 11.8 Å². The van der Waals surface area contributed by atoms with Gasteiger partial charge in [0.05, 0.1) is 12.7 Å². The molecule has 0 amide bonds. The van der Waals surface area contributed by atoms with Gasteiger partial charge in [0, 0.05) is 11.5 Å². The van der Waals surface area contributed by atoms with Gasteiger partial charge in [-0.25, -0.2) is 4.79 Å². The third-order valence-corrected chi connectivity index (χ3v) is 3.93. The van der Waals surface area contributed by atoms with E-state index in [0.717, 1.165) is 24.3 Å². The van der Waals surface area contributed by atoms with Crippen LogP contribution in [-0.2, 0) is 9.47 Å². The van der Waals surface area contributed by atoms with E-state index in [2.05, 4.69) is 0 Å². The van der Waals surface area contributed by atoms with Gasteiger partial charge in [0.25, 0.3) is 0 Å².